The van der Waals surface area contributed by atoms with E-state index in [0.717, 1.165) is 24.9 Å². The van der Waals surface area contributed by atoms with Gasteiger partial charge in [-0.25, -0.2) is 0 Å². The Morgan fingerprint density at radius 1 is 1.19 bits per heavy atom. The molecular formula is C20H20N4O2. The van der Waals surface area contributed by atoms with Crippen LogP contribution in [-0.4, -0.2) is 39.0 Å². The zero-order chi connectivity index (χ0) is 17.8. The molecule has 3 aromatic rings. The van der Waals surface area contributed by atoms with Crippen molar-refractivity contribution < 1.29 is 9.32 Å². The number of likely N-dealkylation sites (tertiary alicyclic amines) is 1. The van der Waals surface area contributed by atoms with Gasteiger partial charge in [0, 0.05) is 37.8 Å². The van der Waals surface area contributed by atoms with Crippen molar-refractivity contribution in [2.24, 2.45) is 0 Å². The molecule has 6 nitrogen and oxygen atoms in total. The predicted molar refractivity (Wildman–Crippen MR) is 96.2 cm³/mol. The lowest BCUT2D eigenvalue weighted by molar-refractivity contribution is -0.130. The van der Waals surface area contributed by atoms with E-state index in [-0.39, 0.29) is 11.8 Å². The molecule has 1 aromatic carbocycles. The van der Waals surface area contributed by atoms with Gasteiger partial charge in [-0.05, 0) is 30.5 Å². The molecule has 0 saturated carbocycles. The number of hydrogen-bond acceptors (Lipinski definition) is 5. The van der Waals surface area contributed by atoms with Crippen molar-refractivity contribution in [1.82, 2.24) is 20.0 Å². The molecule has 3 heterocycles. The summed E-state index contributed by atoms with van der Waals surface area (Å²) in [7, 11) is 0. The average molecular weight is 348 g/mol. The summed E-state index contributed by atoms with van der Waals surface area (Å²) in [4.78, 5) is 22.9. The maximum Gasteiger partial charge on any atom is 0.259 e. The quantitative estimate of drug-likeness (QED) is 0.708. The minimum Gasteiger partial charge on any atom is -0.342 e. The summed E-state index contributed by atoms with van der Waals surface area (Å²) in [6.07, 6.45) is 5.57. The molecule has 0 aliphatic carbocycles. The standard InChI is InChI=1S/C20H20N4O2/c25-18(9-8-15-5-2-1-3-6-15)24-12-10-17(14-24)19-22-20(26-23-19)16-7-4-11-21-13-16/h1-7,11,13,17H,8-10,12,14H2. The van der Waals surface area contributed by atoms with Crippen molar-refractivity contribution in [3.05, 3.63) is 66.2 Å². The number of pyridine rings is 1. The van der Waals surface area contributed by atoms with Gasteiger partial charge in [0.15, 0.2) is 5.82 Å². The van der Waals surface area contributed by atoms with Crippen LogP contribution in [0.5, 0.6) is 0 Å². The number of aryl methyl sites for hydroxylation is 1. The first-order valence-electron chi connectivity index (χ1n) is 8.85. The fourth-order valence-electron chi connectivity index (χ4n) is 3.26. The molecule has 1 aliphatic heterocycles. The maximum atomic E-state index is 12.5. The fraction of sp³-hybridized carbons (Fsp3) is 0.300. The Balaban J connectivity index is 1.35. The lowest BCUT2D eigenvalue weighted by atomic mass is 10.1. The van der Waals surface area contributed by atoms with E-state index in [1.807, 2.05) is 35.2 Å². The summed E-state index contributed by atoms with van der Waals surface area (Å²) in [5.41, 5.74) is 2.00. The summed E-state index contributed by atoms with van der Waals surface area (Å²) in [6, 6.07) is 13.8. The van der Waals surface area contributed by atoms with Crippen LogP contribution < -0.4 is 0 Å². The van der Waals surface area contributed by atoms with E-state index in [4.69, 9.17) is 4.52 Å². The van der Waals surface area contributed by atoms with Gasteiger partial charge in [0.1, 0.15) is 0 Å². The Hall–Kier alpha value is -3.02. The third-order valence-electron chi connectivity index (χ3n) is 4.73. The summed E-state index contributed by atoms with van der Waals surface area (Å²) in [5.74, 6) is 1.46. The fourth-order valence-corrected chi connectivity index (χ4v) is 3.26. The molecule has 132 valence electrons. The van der Waals surface area contributed by atoms with Crippen molar-refractivity contribution in [3.63, 3.8) is 0 Å². The number of nitrogens with zero attached hydrogens (tertiary/aromatic N) is 4. The molecule has 1 fully saturated rings. The Bertz CT molecular complexity index is 864. The third-order valence-corrected chi connectivity index (χ3v) is 4.73. The smallest absolute Gasteiger partial charge is 0.259 e. The van der Waals surface area contributed by atoms with E-state index >= 15 is 0 Å². The lowest BCUT2D eigenvalue weighted by Crippen LogP contribution is -2.28. The van der Waals surface area contributed by atoms with E-state index in [1.165, 1.54) is 5.56 Å². The van der Waals surface area contributed by atoms with E-state index < -0.39 is 0 Å². The van der Waals surface area contributed by atoms with E-state index in [9.17, 15) is 4.79 Å². The molecule has 26 heavy (non-hydrogen) atoms. The van der Waals surface area contributed by atoms with Crippen molar-refractivity contribution in [2.45, 2.75) is 25.2 Å². The molecule has 1 aliphatic rings. The molecule has 1 amide bonds. The zero-order valence-corrected chi connectivity index (χ0v) is 14.4. The summed E-state index contributed by atoms with van der Waals surface area (Å²) in [6.45, 7) is 1.40. The van der Waals surface area contributed by atoms with Crippen LogP contribution in [0.2, 0.25) is 0 Å². The highest BCUT2D eigenvalue weighted by atomic mass is 16.5. The highest BCUT2D eigenvalue weighted by Gasteiger charge is 2.30. The van der Waals surface area contributed by atoms with Gasteiger partial charge in [-0.1, -0.05) is 35.5 Å². The van der Waals surface area contributed by atoms with Crippen LogP contribution in [0.4, 0.5) is 0 Å². The number of hydrogen-bond donors (Lipinski definition) is 0. The molecule has 0 N–H and O–H groups in total. The first-order valence-corrected chi connectivity index (χ1v) is 8.85. The van der Waals surface area contributed by atoms with Gasteiger partial charge in [-0.2, -0.15) is 4.98 Å². The lowest BCUT2D eigenvalue weighted by Gasteiger charge is -2.15. The Labute approximate surface area is 151 Å². The van der Waals surface area contributed by atoms with Gasteiger partial charge in [-0.3, -0.25) is 9.78 Å². The van der Waals surface area contributed by atoms with Crippen LogP contribution in [0.3, 0.4) is 0 Å². The van der Waals surface area contributed by atoms with Crippen LogP contribution >= 0.6 is 0 Å². The second-order valence-electron chi connectivity index (χ2n) is 6.51. The SMILES string of the molecule is O=C(CCc1ccccc1)N1CCC(c2noc(-c3cccnc3)n2)C1. The van der Waals surface area contributed by atoms with Gasteiger partial charge >= 0.3 is 0 Å². The van der Waals surface area contributed by atoms with Crippen molar-refractivity contribution in [3.8, 4) is 11.5 Å². The first-order chi connectivity index (χ1) is 12.8. The summed E-state index contributed by atoms with van der Waals surface area (Å²) in [5, 5.41) is 4.11. The average Bonchev–Trinajstić information content (AvgIpc) is 3.37. The number of carbonyl (C=O) groups is 1. The Kier molecular flexibility index (Phi) is 4.73. The molecule has 4 rings (SSSR count). The normalized spacial score (nSPS) is 16.8. The van der Waals surface area contributed by atoms with E-state index in [2.05, 4.69) is 27.3 Å². The highest BCUT2D eigenvalue weighted by molar-refractivity contribution is 5.76. The van der Waals surface area contributed by atoms with Crippen molar-refractivity contribution in [1.29, 1.82) is 0 Å². The van der Waals surface area contributed by atoms with Gasteiger partial charge in [0.2, 0.25) is 5.91 Å². The highest BCUT2D eigenvalue weighted by Crippen LogP contribution is 2.27. The van der Waals surface area contributed by atoms with Gasteiger partial charge in [0.25, 0.3) is 5.89 Å². The first kappa shape index (κ1) is 16.4. The molecular weight excluding hydrogens is 328 g/mol. The molecule has 0 spiro atoms. The summed E-state index contributed by atoms with van der Waals surface area (Å²) < 4.78 is 5.36. The topological polar surface area (TPSA) is 72.1 Å². The maximum absolute atomic E-state index is 12.5. The largest absolute Gasteiger partial charge is 0.342 e. The number of benzene rings is 1. The van der Waals surface area contributed by atoms with E-state index in [0.29, 0.717) is 24.7 Å². The minimum absolute atomic E-state index is 0.129. The van der Waals surface area contributed by atoms with Crippen LogP contribution in [-0.2, 0) is 11.2 Å². The summed E-state index contributed by atoms with van der Waals surface area (Å²) >= 11 is 0. The zero-order valence-electron chi connectivity index (χ0n) is 14.4. The Morgan fingerprint density at radius 2 is 2.08 bits per heavy atom. The number of amides is 1. The van der Waals surface area contributed by atoms with Crippen molar-refractivity contribution >= 4 is 5.91 Å². The molecule has 0 radical (unpaired) electrons. The second-order valence-corrected chi connectivity index (χ2v) is 6.51. The van der Waals surface area contributed by atoms with Crippen LogP contribution in [0.1, 0.15) is 30.1 Å². The van der Waals surface area contributed by atoms with E-state index in [1.54, 1.807) is 12.4 Å². The molecule has 1 saturated heterocycles. The number of carbonyl (C=O) groups excluding carboxylic acids is 1. The van der Waals surface area contributed by atoms with Crippen LogP contribution in [0.25, 0.3) is 11.5 Å². The molecule has 1 unspecified atom stereocenters. The van der Waals surface area contributed by atoms with Gasteiger partial charge < -0.3 is 9.42 Å². The second kappa shape index (κ2) is 7.47. The minimum atomic E-state index is 0.129. The molecule has 2 aromatic heterocycles. The van der Waals surface area contributed by atoms with Crippen LogP contribution in [0, 0.1) is 0 Å². The van der Waals surface area contributed by atoms with Gasteiger partial charge in [-0.15, -0.1) is 0 Å². The molecule has 6 heteroatoms. The predicted octanol–water partition coefficient (Wildman–Crippen LogP) is 3.08. The van der Waals surface area contributed by atoms with Gasteiger partial charge in [0.05, 0.1) is 5.56 Å². The molecule has 1 atom stereocenters. The van der Waals surface area contributed by atoms with Crippen LogP contribution in [0.15, 0.2) is 59.4 Å². The van der Waals surface area contributed by atoms with Crippen molar-refractivity contribution in [2.75, 3.05) is 13.1 Å². The number of rotatable bonds is 5. The Morgan fingerprint density at radius 3 is 2.88 bits per heavy atom. The molecule has 0 bridgehead atoms. The number of aromatic nitrogens is 3. The monoisotopic (exact) mass is 348 g/mol. The third kappa shape index (κ3) is 3.64.